The molecule has 0 aliphatic heterocycles. The Morgan fingerprint density at radius 2 is 0.781 bits per heavy atom. The molecule has 105 heavy (non-hydrogen) atoms. The molecule has 0 aromatic heterocycles. The topological polar surface area (TPSA) is 283 Å². The maximum Gasteiger partial charge on any atom is 1.00 e. The van der Waals surface area contributed by atoms with Gasteiger partial charge < -0.3 is 69.3 Å². The van der Waals surface area contributed by atoms with Gasteiger partial charge in [-0.25, -0.2) is 16.8 Å². The van der Waals surface area contributed by atoms with Crippen molar-refractivity contribution in [1.82, 2.24) is 0 Å². The number of carboxylic acid groups (broad SMARTS) is 1. The standard InChI is InChI=1S/C32H86O12Si11.C19H38O4.C11H16NO4S2.C6H12O2.Ag/c1-27-32(2,3)31(33)34-29-28-30-46(7,8)36-48(11,12)38-50(15,16)40-52(19,20)42-54(23,24)44-55(25,26)43-53(21,22)41-51(17,18)39-49(13,14)37-47(9,10)35-45(4,5)6;1-6-9-10-11-17(7-2)16-22-13-12-21-14-15-23-18(20)19(4,5)8-3;1-4-9(2)10-5-7-11(8-6-10)18(15,16)12-17(3,13)14;1-4-6(2,3)5(7)8;/h27-30H2,1-26H3;17H,6-16H2,1-5H3;5-9H,4H2,1-3H3;4H2,1-3H3,(H,7,8);/q;;-1;;+1. The Morgan fingerprint density at radius 3 is 1.09 bits per heavy atom. The number of unbranched alkanes of at least 4 members (excludes halogenated alkanes) is 2. The van der Waals surface area contributed by atoms with Crippen LogP contribution >= 0.6 is 0 Å². The number of ether oxygens (including phenoxy) is 4. The molecule has 37 heteroatoms. The number of nitrogens with zero attached hydrogens (tertiary/aromatic N) is 1. The number of carbonyl (C=O) groups excluding carboxylic acids is 2. The van der Waals surface area contributed by atoms with Crippen LogP contribution in [0.25, 0.3) is 4.13 Å². The van der Waals surface area contributed by atoms with Crippen LogP contribution < -0.4 is 0 Å². The largest absolute Gasteiger partial charge is 1.00 e. The third-order valence-electron chi connectivity index (χ3n) is 16.1. The van der Waals surface area contributed by atoms with E-state index in [4.69, 9.17) is 65.2 Å². The monoisotopic (exact) mass is 1810 g/mol. The van der Waals surface area contributed by atoms with E-state index in [1.165, 1.54) is 44.2 Å². The van der Waals surface area contributed by atoms with Gasteiger partial charge in [0.05, 0.1) is 52.7 Å². The molecule has 0 spiro atoms. The summed E-state index contributed by atoms with van der Waals surface area (Å²) in [5, 5.41) is 8.44. The van der Waals surface area contributed by atoms with E-state index in [1.807, 2.05) is 62.3 Å². The van der Waals surface area contributed by atoms with E-state index in [-0.39, 0.29) is 39.2 Å². The molecule has 0 aliphatic rings. The summed E-state index contributed by atoms with van der Waals surface area (Å²) in [6.07, 6.45) is 11.0. The molecule has 0 bridgehead atoms. The van der Waals surface area contributed by atoms with Crippen LogP contribution in [0.4, 0.5) is 0 Å². The predicted octanol–water partition coefficient (Wildman–Crippen LogP) is 19.2. The summed E-state index contributed by atoms with van der Waals surface area (Å²) in [5.41, 5.74) is -0.398. The Labute approximate surface area is 668 Å². The van der Waals surface area contributed by atoms with Crippen molar-refractivity contribution in [3.63, 3.8) is 0 Å². The second-order valence-corrected chi connectivity index (χ2v) is 79.6. The van der Waals surface area contributed by atoms with Crippen LogP contribution in [0.2, 0.25) is 157 Å². The van der Waals surface area contributed by atoms with E-state index in [2.05, 4.69) is 169 Å². The van der Waals surface area contributed by atoms with E-state index in [1.54, 1.807) is 26.0 Å². The average molecular weight is 1820 g/mol. The second-order valence-electron chi connectivity index (χ2n) is 34.5. The molecule has 0 aliphatic carbocycles. The molecule has 0 heterocycles. The zero-order valence-electron chi connectivity index (χ0n) is 72.6. The quantitative estimate of drug-likeness (QED) is 0.0360. The Morgan fingerprint density at radius 1 is 0.448 bits per heavy atom. The van der Waals surface area contributed by atoms with Crippen molar-refractivity contribution in [2.75, 3.05) is 45.9 Å². The Balaban J connectivity index is -0.000000822. The number of rotatable bonds is 48. The van der Waals surface area contributed by atoms with E-state index in [9.17, 15) is 31.2 Å². The molecular weight excluding hydrogens is 1660 g/mol. The van der Waals surface area contributed by atoms with Gasteiger partial charge in [0.1, 0.15) is 16.6 Å². The molecule has 1 rings (SSSR count). The molecule has 1 aromatic rings. The number of carboxylic acids is 1. The fraction of sp³-hybridized carbons (Fsp3) is 0.868. The molecule has 1 N–H and O–H groups in total. The van der Waals surface area contributed by atoms with Crippen molar-refractivity contribution < 1.29 is 119 Å². The summed E-state index contributed by atoms with van der Waals surface area (Å²) >= 11 is 0. The van der Waals surface area contributed by atoms with Crippen molar-refractivity contribution >= 4 is 132 Å². The van der Waals surface area contributed by atoms with Gasteiger partial charge in [-0.15, -0.1) is 0 Å². The van der Waals surface area contributed by atoms with Gasteiger partial charge in [-0.2, -0.15) is 0 Å². The normalized spacial score (nSPS) is 14.3. The van der Waals surface area contributed by atoms with Gasteiger partial charge in [0.25, 0.3) is 0 Å². The molecule has 0 saturated heterocycles. The molecule has 628 valence electrons. The van der Waals surface area contributed by atoms with Crippen molar-refractivity contribution in [2.45, 2.75) is 322 Å². The third kappa shape index (κ3) is 54.5. The zero-order chi connectivity index (χ0) is 82.5. The number of carbonyl (C=O) groups is 3. The Bertz CT molecular complexity index is 2900. The van der Waals surface area contributed by atoms with Crippen molar-refractivity contribution in [3.05, 3.63) is 34.0 Å². The average Bonchev–Trinajstić information content (AvgIpc) is 0.807. The molecule has 0 saturated carbocycles. The molecule has 1 aromatic carbocycles. The van der Waals surface area contributed by atoms with Crippen LogP contribution in [0.15, 0.2) is 29.2 Å². The molecule has 2 unspecified atom stereocenters. The van der Waals surface area contributed by atoms with E-state index in [0.29, 0.717) is 51.3 Å². The predicted molar refractivity (Wildman–Crippen MR) is 450 cm³/mol. The summed E-state index contributed by atoms with van der Waals surface area (Å²) in [6.45, 7) is 76.9. The maximum atomic E-state index is 12.4. The summed E-state index contributed by atoms with van der Waals surface area (Å²) in [7, 11) is -35.7. The van der Waals surface area contributed by atoms with Crippen molar-refractivity contribution in [2.24, 2.45) is 22.2 Å². The van der Waals surface area contributed by atoms with E-state index >= 15 is 0 Å². The molecular formula is C68H152AgNO22S2Si11. The Hall–Kier alpha value is 0.136. The Kier molecular flexibility index (Phi) is 50.1. The molecule has 2 atom stereocenters. The first-order valence-corrected chi connectivity index (χ1v) is 72.6. The first-order valence-electron chi connectivity index (χ1n) is 37.4. The molecule has 0 fully saturated rings. The summed E-state index contributed by atoms with van der Waals surface area (Å²) in [6, 6.07) is 6.99. The van der Waals surface area contributed by atoms with Crippen LogP contribution in [0.3, 0.4) is 0 Å². The van der Waals surface area contributed by atoms with Crippen LogP contribution in [0, 0.1) is 22.2 Å². The smallest absolute Gasteiger partial charge is 0.481 e. The van der Waals surface area contributed by atoms with Gasteiger partial charge in [0.2, 0.25) is 0 Å². The van der Waals surface area contributed by atoms with Crippen LogP contribution in [0.5, 0.6) is 0 Å². The number of aliphatic carboxylic acids is 1. The molecule has 0 amide bonds. The van der Waals surface area contributed by atoms with E-state index in [0.717, 1.165) is 50.2 Å². The number of benzene rings is 1. The third-order valence-corrected chi connectivity index (χ3v) is 60.4. The number of hydrogen-bond acceptors (Lipinski definition) is 21. The minimum absolute atomic E-state index is 0. The van der Waals surface area contributed by atoms with Crippen LogP contribution in [0.1, 0.15) is 166 Å². The van der Waals surface area contributed by atoms with E-state index < -0.39 is 136 Å². The fourth-order valence-electron chi connectivity index (χ4n) is 11.0. The van der Waals surface area contributed by atoms with Crippen molar-refractivity contribution in [3.8, 4) is 0 Å². The van der Waals surface area contributed by atoms with Gasteiger partial charge >= 0.3 is 117 Å². The summed E-state index contributed by atoms with van der Waals surface area (Å²) in [4.78, 5) is 34.3. The van der Waals surface area contributed by atoms with Gasteiger partial charge in [-0.1, -0.05) is 86.3 Å². The van der Waals surface area contributed by atoms with Gasteiger partial charge in [-0.05, 0) is 266 Å². The van der Waals surface area contributed by atoms with Gasteiger partial charge in [0, 0.05) is 17.8 Å². The maximum absolute atomic E-state index is 12.4. The first kappa shape index (κ1) is 111. The van der Waals surface area contributed by atoms with Gasteiger partial charge in [-0.3, -0.25) is 14.4 Å². The zero-order valence-corrected chi connectivity index (χ0v) is 86.7. The van der Waals surface area contributed by atoms with Crippen LogP contribution in [-0.4, -0.2) is 179 Å². The summed E-state index contributed by atoms with van der Waals surface area (Å²) < 4.78 is 137. The SMILES string of the molecule is CCC(C)(C)C(=O)O.CCC(C)(C)C(=O)OCCC[Si](C)(C)O[Si](C)(C)O[Si](C)(C)O[Si](C)(C)O[Si](C)(C)O[Si](C)(C)O[Si](C)(C)O[Si](C)(C)O[Si](C)(C)O[Si](C)(C)O[Si](C)(C)C.CCC(C)c1ccc(S(=O)(=O)[N-]S(C)(=O)=O)cc1.CCCCCC(CC)COCCOCCOC(=O)C(C)(C)CC.[Ag+]. The fourth-order valence-corrected chi connectivity index (χ4v) is 68.7. The van der Waals surface area contributed by atoms with Crippen molar-refractivity contribution in [1.29, 1.82) is 0 Å². The molecule has 23 nitrogen and oxygen atoms in total. The number of sulfonamides is 2. The van der Waals surface area contributed by atoms with Crippen LogP contribution in [-0.2, 0) is 117 Å². The molecule has 0 radical (unpaired) electrons. The minimum atomic E-state index is -4.13. The second kappa shape index (κ2) is 47.2. The van der Waals surface area contributed by atoms with Gasteiger partial charge in [0.15, 0.2) is 16.6 Å². The number of esters is 2. The first-order chi connectivity index (χ1) is 46.4. The number of hydrogen-bond donors (Lipinski definition) is 1. The minimum Gasteiger partial charge on any atom is -0.481 e. The summed E-state index contributed by atoms with van der Waals surface area (Å²) in [5.74, 6) is -0.0276.